The number of pyridine rings is 1. The molecule has 0 aliphatic rings. The maximum Gasteiger partial charge on any atom is 0.418 e. The fourth-order valence-corrected chi connectivity index (χ4v) is 5.11. The molecule has 0 bridgehead atoms. The Morgan fingerprint density at radius 2 is 1.96 bits per heavy atom. The van der Waals surface area contributed by atoms with Gasteiger partial charge >= 0.3 is 12.1 Å². The third-order valence-corrected chi connectivity index (χ3v) is 7.99. The van der Waals surface area contributed by atoms with Crippen molar-refractivity contribution >= 4 is 17.9 Å². The average molecular weight is 687 g/mol. The zero-order valence-electron chi connectivity index (χ0n) is 27.5. The Labute approximate surface area is 280 Å². The van der Waals surface area contributed by atoms with Crippen LogP contribution in [-0.4, -0.2) is 68.6 Å². The van der Waals surface area contributed by atoms with Crippen LogP contribution in [0.15, 0.2) is 61.7 Å². The molecule has 1 aromatic carbocycles. The smallest absolute Gasteiger partial charge is 0.418 e. The Morgan fingerprint density at radius 1 is 1.18 bits per heavy atom. The van der Waals surface area contributed by atoms with E-state index in [1.54, 1.807) is 26.1 Å². The number of rotatable bonds is 15. The largest absolute Gasteiger partial charge is 0.460 e. The third-order valence-electron chi connectivity index (χ3n) is 7.99. The molecular formula is C32H39F3N9O5+. The molecule has 0 saturated heterocycles. The minimum absolute atomic E-state index is 0.175. The van der Waals surface area contributed by atoms with Crippen LogP contribution in [0.1, 0.15) is 55.7 Å². The van der Waals surface area contributed by atoms with E-state index in [1.165, 1.54) is 42.1 Å². The fraction of sp³-hybridized carbons (Fsp3) is 0.406. The summed E-state index contributed by atoms with van der Waals surface area (Å²) < 4.78 is 57.2. The molecule has 4 N–H and O–H groups in total. The molecule has 4 rings (SSSR count). The summed E-state index contributed by atoms with van der Waals surface area (Å²) in [5.41, 5.74) is 3.69. The first-order chi connectivity index (χ1) is 23.3. The predicted octanol–water partition coefficient (Wildman–Crippen LogP) is 2.63. The highest BCUT2D eigenvalue weighted by Gasteiger charge is 2.43. The normalized spacial score (nSPS) is 14.4. The molecule has 262 valence electrons. The van der Waals surface area contributed by atoms with Gasteiger partial charge in [0.15, 0.2) is 5.82 Å². The monoisotopic (exact) mass is 686 g/mol. The molecule has 0 fully saturated rings. The van der Waals surface area contributed by atoms with Crippen LogP contribution >= 0.6 is 0 Å². The van der Waals surface area contributed by atoms with Crippen molar-refractivity contribution in [3.8, 4) is 0 Å². The molecule has 0 saturated carbocycles. The summed E-state index contributed by atoms with van der Waals surface area (Å²) in [7, 11) is 3.24. The molecule has 14 nitrogen and oxygen atoms in total. The number of nitrogens with one attached hydrogen (secondary N) is 1. The molecule has 0 aliphatic heterocycles. The number of amides is 1. The summed E-state index contributed by atoms with van der Waals surface area (Å²) in [6.07, 6.45) is 5.56. The van der Waals surface area contributed by atoms with Crippen molar-refractivity contribution < 1.29 is 41.9 Å². The minimum atomic E-state index is -2.17. The lowest BCUT2D eigenvalue weighted by atomic mass is 9.79. The van der Waals surface area contributed by atoms with Gasteiger partial charge in [-0.1, -0.05) is 19.1 Å². The summed E-state index contributed by atoms with van der Waals surface area (Å²) in [4.78, 5) is 38.5. The highest BCUT2D eigenvalue weighted by Crippen LogP contribution is 2.39. The summed E-state index contributed by atoms with van der Waals surface area (Å²) in [5, 5.41) is 19.1. The lowest BCUT2D eigenvalue weighted by Gasteiger charge is -2.32. The fourth-order valence-electron chi connectivity index (χ4n) is 5.11. The second-order valence-corrected chi connectivity index (χ2v) is 11.4. The molecule has 4 aromatic rings. The maximum absolute atomic E-state index is 15.1. The second-order valence-electron chi connectivity index (χ2n) is 11.4. The third kappa shape index (κ3) is 8.92. The van der Waals surface area contributed by atoms with Crippen LogP contribution in [0.5, 0.6) is 0 Å². The number of nitrogens with two attached hydrogens (primary N) is 1. The van der Waals surface area contributed by atoms with Gasteiger partial charge in [-0.15, -0.1) is 4.68 Å². The first-order valence-corrected chi connectivity index (χ1v) is 15.4. The number of hydrogen-bond acceptors (Lipinski definition) is 11. The van der Waals surface area contributed by atoms with Gasteiger partial charge in [-0.3, -0.25) is 9.69 Å². The SMILES string of the molecule is CNCCC[C@H](N)C(=O)OCc1cccnc1N(C)C(=O)OC(C)[n+]1cnn(C[C@](O)(c2ccc(F)cc2F)[C@@H](C)c2ncncc2F)c1. The van der Waals surface area contributed by atoms with Crippen molar-refractivity contribution in [2.24, 2.45) is 5.73 Å². The van der Waals surface area contributed by atoms with Crippen LogP contribution in [-0.2, 0) is 33.0 Å². The topological polar surface area (TPSA) is 174 Å². The minimum Gasteiger partial charge on any atom is -0.460 e. The van der Waals surface area contributed by atoms with Crippen LogP contribution in [0.4, 0.5) is 23.8 Å². The van der Waals surface area contributed by atoms with Gasteiger partial charge in [-0.05, 0) is 38.6 Å². The summed E-state index contributed by atoms with van der Waals surface area (Å²) >= 11 is 0. The Morgan fingerprint density at radius 3 is 2.67 bits per heavy atom. The summed E-state index contributed by atoms with van der Waals surface area (Å²) in [5.74, 6) is -4.28. The highest BCUT2D eigenvalue weighted by molar-refractivity contribution is 5.86. The molecule has 49 heavy (non-hydrogen) atoms. The number of aromatic nitrogens is 6. The zero-order valence-corrected chi connectivity index (χ0v) is 27.5. The van der Waals surface area contributed by atoms with Crippen molar-refractivity contribution in [3.63, 3.8) is 0 Å². The van der Waals surface area contributed by atoms with E-state index in [4.69, 9.17) is 15.2 Å². The maximum atomic E-state index is 15.1. The number of nitrogens with zero attached hydrogens (tertiary/aromatic N) is 7. The first kappa shape index (κ1) is 36.8. The Bertz CT molecular complexity index is 1750. The molecule has 0 aliphatic carbocycles. The van der Waals surface area contributed by atoms with E-state index in [2.05, 4.69) is 25.4 Å². The molecule has 1 unspecified atom stereocenters. The van der Waals surface area contributed by atoms with Gasteiger partial charge in [0.25, 0.3) is 6.33 Å². The number of aliphatic hydroxyl groups is 1. The van der Waals surface area contributed by atoms with E-state index in [-0.39, 0.29) is 23.7 Å². The van der Waals surface area contributed by atoms with E-state index >= 15 is 4.39 Å². The van der Waals surface area contributed by atoms with Gasteiger partial charge in [-0.2, -0.15) is 4.57 Å². The van der Waals surface area contributed by atoms with Crippen molar-refractivity contribution in [2.75, 3.05) is 25.5 Å². The van der Waals surface area contributed by atoms with Crippen LogP contribution in [0.2, 0.25) is 0 Å². The van der Waals surface area contributed by atoms with E-state index < -0.39 is 59.8 Å². The lowest BCUT2D eigenvalue weighted by molar-refractivity contribution is -0.753. The van der Waals surface area contributed by atoms with Crippen molar-refractivity contribution in [1.29, 1.82) is 0 Å². The van der Waals surface area contributed by atoms with Crippen LogP contribution in [0, 0.1) is 17.5 Å². The van der Waals surface area contributed by atoms with Crippen molar-refractivity contribution in [1.82, 2.24) is 30.0 Å². The van der Waals surface area contributed by atoms with Gasteiger partial charge in [0, 0.05) is 48.4 Å². The molecular weight excluding hydrogens is 647 g/mol. The van der Waals surface area contributed by atoms with Gasteiger partial charge in [0.2, 0.25) is 12.6 Å². The van der Waals surface area contributed by atoms with Crippen LogP contribution < -0.4 is 20.5 Å². The lowest BCUT2D eigenvalue weighted by Crippen LogP contribution is -2.42. The number of carbonyl (C=O) groups is 2. The number of carbonyl (C=O) groups excluding carboxylic acids is 2. The van der Waals surface area contributed by atoms with Crippen LogP contribution in [0.25, 0.3) is 0 Å². The molecule has 3 heterocycles. The van der Waals surface area contributed by atoms with E-state index in [0.717, 1.165) is 29.6 Å². The Hall–Kier alpha value is -5.00. The zero-order chi connectivity index (χ0) is 35.7. The average Bonchev–Trinajstić information content (AvgIpc) is 3.55. The summed E-state index contributed by atoms with van der Waals surface area (Å²) in [6.45, 7) is 3.10. The second kappa shape index (κ2) is 16.4. The molecule has 3 aromatic heterocycles. The first-order valence-electron chi connectivity index (χ1n) is 15.4. The van der Waals surface area contributed by atoms with Gasteiger partial charge < -0.3 is 25.6 Å². The van der Waals surface area contributed by atoms with Gasteiger partial charge in [-0.25, -0.2) is 32.9 Å². The number of halogens is 3. The Balaban J connectivity index is 1.47. The quantitative estimate of drug-likeness (QED) is 0.0953. The van der Waals surface area contributed by atoms with Crippen molar-refractivity contribution in [3.05, 3.63) is 96.0 Å². The number of hydrogen-bond donors (Lipinski definition) is 3. The number of ether oxygens (including phenoxy) is 2. The van der Waals surface area contributed by atoms with Crippen molar-refractivity contribution in [2.45, 2.75) is 63.6 Å². The molecule has 4 atom stereocenters. The van der Waals surface area contributed by atoms with Gasteiger partial charge in [0.1, 0.15) is 48.6 Å². The van der Waals surface area contributed by atoms with Crippen LogP contribution in [0.3, 0.4) is 0 Å². The van der Waals surface area contributed by atoms with Gasteiger partial charge in [0.05, 0.1) is 11.9 Å². The van der Waals surface area contributed by atoms with E-state index in [0.29, 0.717) is 31.0 Å². The number of anilines is 1. The molecule has 0 radical (unpaired) electrons. The number of esters is 1. The number of benzene rings is 1. The standard InChI is InChI=1S/C32H39F3N9O5/c1-20(28-26(35)14-38-17-40-28)32(47,24-10-9-23(33)13-25(24)34)16-44-19-43(18-41-44)21(2)49-31(46)42(4)29-22(7-5-12-39-29)15-48-30(45)27(36)8-6-11-37-3/h5,7,9-10,12-14,17-21,27,37,47H,6,8,11,15-16,36H2,1-4H3/q+1/t20-,21?,27-,32+/m0/s1. The molecule has 1 amide bonds. The highest BCUT2D eigenvalue weighted by atomic mass is 19.1. The molecule has 0 spiro atoms. The predicted molar refractivity (Wildman–Crippen MR) is 168 cm³/mol. The molecule has 17 heteroatoms. The Kier molecular flexibility index (Phi) is 12.3. The van der Waals surface area contributed by atoms with E-state index in [9.17, 15) is 23.5 Å². The summed E-state index contributed by atoms with van der Waals surface area (Å²) in [6, 6.07) is 5.15. The van der Waals surface area contributed by atoms with E-state index in [1.807, 2.05) is 0 Å².